The molecule has 1 fully saturated rings. The van der Waals surface area contributed by atoms with Gasteiger partial charge in [0.15, 0.2) is 5.82 Å². The standard InChI is InChI=1S/C14H17N5O2/c20-14(21)12-7-4-8-18(12)10-13-15-16-17-19(13)9-11-5-2-1-3-6-11/h1-3,5-6,12H,4,7-10H2,(H,20,21). The van der Waals surface area contributed by atoms with Crippen LogP contribution in [0.3, 0.4) is 0 Å². The maximum atomic E-state index is 11.2. The molecule has 1 N–H and O–H groups in total. The summed E-state index contributed by atoms with van der Waals surface area (Å²) in [6.45, 7) is 1.83. The van der Waals surface area contributed by atoms with Crippen LogP contribution in [0.15, 0.2) is 30.3 Å². The molecule has 0 bridgehead atoms. The van der Waals surface area contributed by atoms with Gasteiger partial charge in [-0.05, 0) is 35.4 Å². The highest BCUT2D eigenvalue weighted by atomic mass is 16.4. The van der Waals surface area contributed by atoms with Crippen molar-refractivity contribution < 1.29 is 9.90 Å². The summed E-state index contributed by atoms with van der Waals surface area (Å²) in [4.78, 5) is 13.1. The van der Waals surface area contributed by atoms with Gasteiger partial charge in [0, 0.05) is 0 Å². The molecule has 0 radical (unpaired) electrons. The minimum atomic E-state index is -0.769. The van der Waals surface area contributed by atoms with Crippen molar-refractivity contribution in [2.24, 2.45) is 0 Å². The number of hydrogen-bond acceptors (Lipinski definition) is 5. The number of benzene rings is 1. The van der Waals surface area contributed by atoms with Crippen molar-refractivity contribution in [2.75, 3.05) is 6.54 Å². The molecule has 0 aliphatic carbocycles. The van der Waals surface area contributed by atoms with E-state index in [4.69, 9.17) is 0 Å². The Balaban J connectivity index is 1.72. The molecule has 1 aromatic heterocycles. The lowest BCUT2D eigenvalue weighted by molar-refractivity contribution is -0.142. The molecule has 1 atom stereocenters. The van der Waals surface area contributed by atoms with Gasteiger partial charge in [-0.25, -0.2) is 4.68 Å². The van der Waals surface area contributed by atoms with Crippen molar-refractivity contribution in [3.63, 3.8) is 0 Å². The van der Waals surface area contributed by atoms with Gasteiger partial charge >= 0.3 is 5.97 Å². The molecule has 7 heteroatoms. The van der Waals surface area contributed by atoms with Gasteiger partial charge in [0.25, 0.3) is 0 Å². The van der Waals surface area contributed by atoms with Crippen LogP contribution in [0.4, 0.5) is 0 Å². The summed E-state index contributed by atoms with van der Waals surface area (Å²) in [5.41, 5.74) is 1.11. The van der Waals surface area contributed by atoms with Crippen molar-refractivity contribution in [1.29, 1.82) is 0 Å². The minimum absolute atomic E-state index is 0.424. The van der Waals surface area contributed by atoms with E-state index in [-0.39, 0.29) is 0 Å². The van der Waals surface area contributed by atoms with E-state index in [1.54, 1.807) is 4.68 Å². The van der Waals surface area contributed by atoms with Crippen molar-refractivity contribution in [1.82, 2.24) is 25.1 Å². The fourth-order valence-electron chi connectivity index (χ4n) is 2.69. The number of aliphatic carboxylic acids is 1. The SMILES string of the molecule is O=C(O)C1CCCN1Cc1nnnn1Cc1ccccc1. The first-order chi connectivity index (χ1) is 10.2. The third-order valence-corrected chi connectivity index (χ3v) is 3.77. The number of aromatic nitrogens is 4. The van der Waals surface area contributed by atoms with Crippen LogP contribution in [0.2, 0.25) is 0 Å². The molecule has 0 saturated carbocycles. The molecule has 7 nitrogen and oxygen atoms in total. The highest BCUT2D eigenvalue weighted by Gasteiger charge is 2.31. The van der Waals surface area contributed by atoms with Gasteiger partial charge in [-0.15, -0.1) is 5.10 Å². The number of nitrogens with zero attached hydrogens (tertiary/aromatic N) is 5. The smallest absolute Gasteiger partial charge is 0.320 e. The van der Waals surface area contributed by atoms with Crippen LogP contribution >= 0.6 is 0 Å². The average molecular weight is 287 g/mol. The van der Waals surface area contributed by atoms with Gasteiger partial charge in [0.1, 0.15) is 6.04 Å². The van der Waals surface area contributed by atoms with Crippen LogP contribution in [-0.2, 0) is 17.9 Å². The maximum absolute atomic E-state index is 11.2. The van der Waals surface area contributed by atoms with Crippen LogP contribution in [0, 0.1) is 0 Å². The van der Waals surface area contributed by atoms with Crippen molar-refractivity contribution in [2.45, 2.75) is 32.0 Å². The second-order valence-corrected chi connectivity index (χ2v) is 5.21. The topological polar surface area (TPSA) is 84.1 Å². The Morgan fingerprint density at radius 3 is 2.86 bits per heavy atom. The first-order valence-electron chi connectivity index (χ1n) is 7.00. The molecule has 1 saturated heterocycles. The van der Waals surface area contributed by atoms with Crippen LogP contribution in [0.5, 0.6) is 0 Å². The molecule has 1 aliphatic rings. The maximum Gasteiger partial charge on any atom is 0.320 e. The van der Waals surface area contributed by atoms with E-state index >= 15 is 0 Å². The zero-order chi connectivity index (χ0) is 14.7. The molecule has 1 aromatic carbocycles. The number of carbonyl (C=O) groups is 1. The molecular formula is C14H17N5O2. The minimum Gasteiger partial charge on any atom is -0.480 e. The summed E-state index contributed by atoms with van der Waals surface area (Å²) in [5, 5.41) is 21.0. The average Bonchev–Trinajstić information content (AvgIpc) is 3.11. The summed E-state index contributed by atoms with van der Waals surface area (Å²) < 4.78 is 1.73. The lowest BCUT2D eigenvalue weighted by Crippen LogP contribution is -2.36. The number of tetrazole rings is 1. The molecule has 0 amide bonds. The Bertz CT molecular complexity index is 613. The second kappa shape index (κ2) is 6.01. The van der Waals surface area contributed by atoms with Gasteiger partial charge in [-0.1, -0.05) is 30.3 Å². The normalized spacial score (nSPS) is 19.0. The highest BCUT2D eigenvalue weighted by Crippen LogP contribution is 2.19. The number of likely N-dealkylation sites (tertiary alicyclic amines) is 1. The van der Waals surface area contributed by atoms with E-state index in [1.165, 1.54) is 0 Å². The number of carboxylic acids is 1. The Morgan fingerprint density at radius 1 is 1.29 bits per heavy atom. The van der Waals surface area contributed by atoms with E-state index < -0.39 is 12.0 Å². The fourth-order valence-corrected chi connectivity index (χ4v) is 2.69. The summed E-state index contributed by atoms with van der Waals surface area (Å²) in [5.74, 6) is -0.0680. The quantitative estimate of drug-likeness (QED) is 0.874. The van der Waals surface area contributed by atoms with Crippen molar-refractivity contribution >= 4 is 5.97 Å². The van der Waals surface area contributed by atoms with E-state index in [0.717, 1.165) is 18.5 Å². The molecular weight excluding hydrogens is 270 g/mol. The third-order valence-electron chi connectivity index (χ3n) is 3.77. The molecule has 2 aromatic rings. The Kier molecular flexibility index (Phi) is 3.92. The predicted octanol–water partition coefficient (Wildman–Crippen LogP) is 0.770. The monoisotopic (exact) mass is 287 g/mol. The Hall–Kier alpha value is -2.28. The first kappa shape index (κ1) is 13.7. The molecule has 3 rings (SSSR count). The predicted molar refractivity (Wildman–Crippen MR) is 74.4 cm³/mol. The second-order valence-electron chi connectivity index (χ2n) is 5.21. The zero-order valence-corrected chi connectivity index (χ0v) is 11.6. The van der Waals surface area contributed by atoms with Crippen LogP contribution in [-0.4, -0.2) is 48.8 Å². The van der Waals surface area contributed by atoms with Gasteiger partial charge in [-0.2, -0.15) is 0 Å². The zero-order valence-electron chi connectivity index (χ0n) is 11.6. The number of hydrogen-bond donors (Lipinski definition) is 1. The number of rotatable bonds is 5. The highest BCUT2D eigenvalue weighted by molar-refractivity contribution is 5.73. The van der Waals surface area contributed by atoms with Gasteiger partial charge in [0.2, 0.25) is 0 Å². The number of carboxylic acid groups (broad SMARTS) is 1. The van der Waals surface area contributed by atoms with E-state index in [1.807, 2.05) is 35.2 Å². The van der Waals surface area contributed by atoms with Gasteiger partial charge < -0.3 is 5.11 Å². The summed E-state index contributed by atoms with van der Waals surface area (Å²) in [7, 11) is 0. The first-order valence-corrected chi connectivity index (χ1v) is 7.00. The van der Waals surface area contributed by atoms with E-state index in [2.05, 4.69) is 15.5 Å². The van der Waals surface area contributed by atoms with Gasteiger partial charge in [0.05, 0.1) is 13.1 Å². The summed E-state index contributed by atoms with van der Waals surface area (Å²) >= 11 is 0. The molecule has 110 valence electrons. The van der Waals surface area contributed by atoms with Crippen LogP contribution in [0.1, 0.15) is 24.2 Å². The molecule has 2 heterocycles. The summed E-state index contributed by atoms with van der Waals surface area (Å²) in [6.07, 6.45) is 1.59. The molecule has 0 spiro atoms. The third kappa shape index (κ3) is 3.08. The molecule has 21 heavy (non-hydrogen) atoms. The largest absolute Gasteiger partial charge is 0.480 e. The lowest BCUT2D eigenvalue weighted by atomic mass is 10.2. The Morgan fingerprint density at radius 2 is 2.10 bits per heavy atom. The Labute approximate surface area is 122 Å². The van der Waals surface area contributed by atoms with Crippen molar-refractivity contribution in [3.05, 3.63) is 41.7 Å². The van der Waals surface area contributed by atoms with Crippen LogP contribution < -0.4 is 0 Å². The van der Waals surface area contributed by atoms with E-state index in [0.29, 0.717) is 25.3 Å². The van der Waals surface area contributed by atoms with E-state index in [9.17, 15) is 9.90 Å². The van der Waals surface area contributed by atoms with Crippen molar-refractivity contribution in [3.8, 4) is 0 Å². The van der Waals surface area contributed by atoms with Crippen LogP contribution in [0.25, 0.3) is 0 Å². The fraction of sp³-hybridized carbons (Fsp3) is 0.429. The lowest BCUT2D eigenvalue weighted by Gasteiger charge is -2.20. The molecule has 1 unspecified atom stereocenters. The van der Waals surface area contributed by atoms with Gasteiger partial charge in [-0.3, -0.25) is 9.69 Å². The summed E-state index contributed by atoms with van der Waals surface area (Å²) in [6, 6.07) is 9.52. The molecule has 1 aliphatic heterocycles.